The van der Waals surface area contributed by atoms with Crippen LogP contribution in [-0.4, -0.2) is 54.3 Å². The number of carbonyl (C=O) groups excluding carboxylic acids is 1. The van der Waals surface area contributed by atoms with Crippen LogP contribution in [0.3, 0.4) is 0 Å². The summed E-state index contributed by atoms with van der Waals surface area (Å²) in [6.45, 7) is 3.62. The highest BCUT2D eigenvalue weighted by atomic mass is 32.2. The fraction of sp³-hybridized carbons (Fsp3) is 0.600. The number of aliphatic carboxylic acids is 1. The van der Waals surface area contributed by atoms with Gasteiger partial charge in [0, 0.05) is 4.75 Å². The summed E-state index contributed by atoms with van der Waals surface area (Å²) in [6, 6.07) is -1.39. The number of thioether (sulfide) groups is 1. The van der Waals surface area contributed by atoms with Crippen molar-refractivity contribution in [2.45, 2.75) is 36.1 Å². The number of nitrogens with one attached hydrogen (secondary N) is 2. The van der Waals surface area contributed by atoms with Gasteiger partial charge >= 0.3 is 5.97 Å². The van der Waals surface area contributed by atoms with Crippen LogP contribution < -0.4 is 16.4 Å². The summed E-state index contributed by atoms with van der Waals surface area (Å²) in [5.74, 6) is -1.28. The Kier molecular flexibility index (Phi) is 3.82. The molecule has 0 bridgehead atoms. The Hall–Kier alpha value is -1.13. The monoisotopic (exact) mass is 334 g/mol. The van der Waals surface area contributed by atoms with E-state index in [2.05, 4.69) is 22.9 Å². The van der Waals surface area contributed by atoms with Gasteiger partial charge in [0.1, 0.15) is 17.5 Å². The van der Waals surface area contributed by atoms with E-state index < -0.39 is 22.8 Å². The number of β-lactam (4-membered cyclic amide) rings is 1. The van der Waals surface area contributed by atoms with E-state index in [9.17, 15) is 14.7 Å². The summed E-state index contributed by atoms with van der Waals surface area (Å²) in [4.78, 5) is 24.8. The van der Waals surface area contributed by atoms with Crippen LogP contribution in [0, 0.1) is 0 Å². The molecule has 0 spiro atoms. The van der Waals surface area contributed by atoms with Gasteiger partial charge in [-0.15, -0.1) is 11.8 Å². The van der Waals surface area contributed by atoms with Gasteiger partial charge in [-0.3, -0.25) is 4.79 Å². The first-order chi connectivity index (χ1) is 9.15. The number of amides is 1. The molecule has 2 saturated heterocycles. The van der Waals surface area contributed by atoms with Gasteiger partial charge < -0.3 is 26.4 Å². The molecule has 5 N–H and O–H groups in total. The molecule has 20 heavy (non-hydrogen) atoms. The number of carbonyl (C=O) groups is 2. The number of hydrogen-bond donors (Lipinski definition) is 4. The first-order valence-electron chi connectivity index (χ1n) is 5.75. The van der Waals surface area contributed by atoms with E-state index >= 15 is 0 Å². The lowest BCUT2D eigenvalue weighted by Gasteiger charge is -2.43. The molecule has 0 aromatic heterocycles. The molecule has 0 aromatic rings. The molecule has 0 saturated carbocycles. The average Bonchev–Trinajstić information content (AvgIpc) is 2.54. The number of carboxylic acids is 1. The maximum Gasteiger partial charge on any atom is 0.327 e. The minimum atomic E-state index is -0.999. The zero-order valence-corrected chi connectivity index (χ0v) is 13.2. The maximum atomic E-state index is 12.1. The Morgan fingerprint density at radius 3 is 2.60 bits per heavy atom. The van der Waals surface area contributed by atoms with E-state index in [1.54, 1.807) is 0 Å². The van der Waals surface area contributed by atoms with Crippen molar-refractivity contribution >= 4 is 58.3 Å². The second-order valence-corrected chi connectivity index (χ2v) is 7.66. The molecule has 110 valence electrons. The highest BCUT2D eigenvalue weighted by Crippen LogP contribution is 2.50. The van der Waals surface area contributed by atoms with Gasteiger partial charge in [-0.1, -0.05) is 0 Å². The van der Waals surface area contributed by atoms with E-state index in [0.717, 1.165) is 0 Å². The van der Waals surface area contributed by atoms with E-state index in [4.69, 9.17) is 18.0 Å². The van der Waals surface area contributed by atoms with Crippen molar-refractivity contribution in [1.29, 1.82) is 0 Å². The number of thiocarbonyl (C=S) groups is 2. The molecule has 10 heteroatoms. The SMILES string of the molecule is CC1(C)S[C@@H]2[C@H](NC(=S)NC(N)=S)C(=O)N2[C@H]1C(=O)O. The predicted molar refractivity (Wildman–Crippen MR) is 83.2 cm³/mol. The van der Waals surface area contributed by atoms with Crippen LogP contribution >= 0.6 is 36.2 Å². The Bertz CT molecular complexity index is 510. The largest absolute Gasteiger partial charge is 0.480 e. The van der Waals surface area contributed by atoms with Crippen molar-refractivity contribution in [3.63, 3.8) is 0 Å². The summed E-state index contributed by atoms with van der Waals surface area (Å²) in [5, 5.41) is 14.5. The molecule has 2 heterocycles. The van der Waals surface area contributed by atoms with Gasteiger partial charge in [0.2, 0.25) is 5.91 Å². The summed E-state index contributed by atoms with van der Waals surface area (Å²) >= 11 is 11.1. The average molecular weight is 334 g/mol. The molecule has 3 atom stereocenters. The molecule has 2 aliphatic rings. The van der Waals surface area contributed by atoms with Crippen LogP contribution in [0.5, 0.6) is 0 Å². The number of fused-ring (bicyclic) bond motifs is 1. The molecular weight excluding hydrogens is 320 g/mol. The number of hydrogen-bond acceptors (Lipinski definition) is 5. The Balaban J connectivity index is 2.09. The predicted octanol–water partition coefficient (Wildman–Crippen LogP) is -0.790. The third-order valence-electron chi connectivity index (χ3n) is 3.20. The fourth-order valence-corrected chi connectivity index (χ4v) is 4.46. The highest BCUT2D eigenvalue weighted by Gasteiger charge is 2.64. The summed E-state index contributed by atoms with van der Waals surface area (Å²) in [5.41, 5.74) is 5.29. The lowest BCUT2D eigenvalue weighted by atomic mass is 9.96. The zero-order chi connectivity index (χ0) is 15.2. The summed E-state index contributed by atoms with van der Waals surface area (Å²) in [7, 11) is 0. The second-order valence-electron chi connectivity index (χ2n) is 5.04. The fourth-order valence-electron chi connectivity index (χ4n) is 2.43. The van der Waals surface area contributed by atoms with Crippen molar-refractivity contribution in [1.82, 2.24) is 15.5 Å². The van der Waals surface area contributed by atoms with Crippen LogP contribution in [0.1, 0.15) is 13.8 Å². The van der Waals surface area contributed by atoms with E-state index in [-0.39, 0.29) is 21.5 Å². The molecule has 0 radical (unpaired) electrons. The minimum absolute atomic E-state index is 0.00828. The van der Waals surface area contributed by atoms with Crippen LogP contribution in [-0.2, 0) is 9.59 Å². The van der Waals surface area contributed by atoms with E-state index in [0.29, 0.717) is 0 Å². The lowest BCUT2D eigenvalue weighted by Crippen LogP contribution is -2.71. The van der Waals surface area contributed by atoms with Crippen LogP contribution in [0.25, 0.3) is 0 Å². The van der Waals surface area contributed by atoms with Crippen molar-refractivity contribution in [2.75, 3.05) is 0 Å². The quantitative estimate of drug-likeness (QED) is 0.382. The molecule has 7 nitrogen and oxygen atoms in total. The Morgan fingerprint density at radius 1 is 1.50 bits per heavy atom. The Labute approximate surface area is 130 Å². The number of carboxylic acid groups (broad SMARTS) is 1. The first kappa shape index (κ1) is 15.3. The molecule has 2 fully saturated rings. The smallest absolute Gasteiger partial charge is 0.327 e. The molecule has 2 rings (SSSR count). The summed E-state index contributed by atoms with van der Waals surface area (Å²) < 4.78 is -0.555. The number of nitrogens with two attached hydrogens (primary N) is 1. The number of rotatable bonds is 2. The van der Waals surface area contributed by atoms with E-state index in [1.165, 1.54) is 16.7 Å². The molecule has 1 amide bonds. The van der Waals surface area contributed by atoms with Crippen molar-refractivity contribution < 1.29 is 14.7 Å². The molecule has 0 aliphatic carbocycles. The van der Waals surface area contributed by atoms with Crippen molar-refractivity contribution in [3.8, 4) is 0 Å². The van der Waals surface area contributed by atoms with E-state index in [1.807, 2.05) is 13.8 Å². The van der Waals surface area contributed by atoms with Gasteiger partial charge in [0.25, 0.3) is 0 Å². The molecule has 0 aromatic carbocycles. The molecular formula is C10H14N4O3S3. The first-order valence-corrected chi connectivity index (χ1v) is 7.44. The van der Waals surface area contributed by atoms with Gasteiger partial charge in [0.05, 0.1) is 0 Å². The van der Waals surface area contributed by atoms with Crippen LogP contribution in [0.4, 0.5) is 0 Å². The Morgan fingerprint density at radius 2 is 2.10 bits per heavy atom. The zero-order valence-electron chi connectivity index (χ0n) is 10.7. The molecule has 2 aliphatic heterocycles. The normalized spacial score (nSPS) is 30.2. The van der Waals surface area contributed by atoms with Crippen LogP contribution in [0.2, 0.25) is 0 Å². The number of nitrogens with zero attached hydrogens (tertiary/aromatic N) is 1. The third kappa shape index (κ3) is 2.42. The van der Waals surface area contributed by atoms with Crippen molar-refractivity contribution in [2.24, 2.45) is 5.73 Å². The minimum Gasteiger partial charge on any atom is -0.480 e. The second kappa shape index (κ2) is 5.01. The van der Waals surface area contributed by atoms with Gasteiger partial charge in [-0.2, -0.15) is 0 Å². The maximum absolute atomic E-state index is 12.1. The summed E-state index contributed by atoms with van der Waals surface area (Å²) in [6.07, 6.45) is 0. The van der Waals surface area contributed by atoms with Gasteiger partial charge in [0.15, 0.2) is 10.2 Å². The topological polar surface area (TPSA) is 108 Å². The third-order valence-corrected chi connectivity index (χ3v) is 5.09. The van der Waals surface area contributed by atoms with Crippen molar-refractivity contribution in [3.05, 3.63) is 0 Å². The molecule has 0 unspecified atom stereocenters. The van der Waals surface area contributed by atoms with Gasteiger partial charge in [-0.05, 0) is 38.3 Å². The standard InChI is InChI=1S/C10H14N4O3S3/c1-10(2)4(7(16)17)14-5(15)3(6(14)20-10)12-9(19)13-8(11)18/h3-4,6H,1-2H3,(H,16,17)(H4,11,12,13,18,19)/t3-,4+,6-/m1/s1. The van der Waals surface area contributed by atoms with Gasteiger partial charge in [-0.25, -0.2) is 4.79 Å². The highest BCUT2D eigenvalue weighted by molar-refractivity contribution is 8.01. The van der Waals surface area contributed by atoms with Crippen LogP contribution in [0.15, 0.2) is 0 Å². The lowest BCUT2D eigenvalue weighted by molar-refractivity contribution is -0.159.